The van der Waals surface area contributed by atoms with Crippen LogP contribution in [0.25, 0.3) is 0 Å². The lowest BCUT2D eigenvalue weighted by Gasteiger charge is -2.68. The van der Waals surface area contributed by atoms with Crippen molar-refractivity contribution in [3.63, 3.8) is 0 Å². The molecule has 0 radical (unpaired) electrons. The predicted octanol–water partition coefficient (Wildman–Crippen LogP) is 1.59. The largest absolute Gasteiger partial charge is 0.463 e. The van der Waals surface area contributed by atoms with Crippen molar-refractivity contribution in [3.05, 3.63) is 12.2 Å². The number of ether oxygens (including phenoxy) is 3. The van der Waals surface area contributed by atoms with Crippen LogP contribution < -0.4 is 0 Å². The topological polar surface area (TPSA) is 102 Å². The number of fused-ring (bicyclic) bond motifs is 1. The molecule has 0 aromatic rings. The molecule has 184 valence electrons. The van der Waals surface area contributed by atoms with E-state index in [9.17, 15) is 19.5 Å². The number of aliphatic hydroxyl groups is 1. The highest BCUT2D eigenvalue weighted by atomic mass is 16.6. The number of esters is 3. The van der Waals surface area contributed by atoms with Crippen LogP contribution >= 0.6 is 0 Å². The van der Waals surface area contributed by atoms with E-state index in [0.717, 1.165) is 25.0 Å². The van der Waals surface area contributed by atoms with Gasteiger partial charge in [0.2, 0.25) is 0 Å². The normalized spacial score (nSPS) is 58.7. The summed E-state index contributed by atoms with van der Waals surface area (Å²) in [4.78, 5) is 39.2. The van der Waals surface area contributed by atoms with Crippen LogP contribution in [0.1, 0.15) is 53.4 Å². The number of nitrogens with zero attached hydrogens (tertiary/aromatic N) is 1. The fourth-order valence-electron chi connectivity index (χ4n) is 11.6. The average molecular weight is 472 g/mol. The minimum Gasteiger partial charge on any atom is -0.463 e. The van der Waals surface area contributed by atoms with E-state index in [1.54, 1.807) is 0 Å². The molecule has 8 nitrogen and oxygen atoms in total. The maximum absolute atomic E-state index is 12.8. The Morgan fingerprint density at radius 3 is 2.32 bits per heavy atom. The lowest BCUT2D eigenvalue weighted by Crippen LogP contribution is -2.77. The van der Waals surface area contributed by atoms with Crippen molar-refractivity contribution >= 4 is 17.9 Å². The Morgan fingerprint density at radius 2 is 1.68 bits per heavy atom. The fourth-order valence-corrected chi connectivity index (χ4v) is 11.6. The molecule has 9 rings (SSSR count). The molecule has 0 amide bonds. The molecule has 13 atom stereocenters. The van der Waals surface area contributed by atoms with E-state index in [1.165, 1.54) is 20.8 Å². The lowest BCUT2D eigenvalue weighted by molar-refractivity contribution is -0.287. The third-order valence-corrected chi connectivity index (χ3v) is 11.1. The molecule has 9 bridgehead atoms. The zero-order valence-corrected chi connectivity index (χ0v) is 20.2. The Morgan fingerprint density at radius 1 is 1.00 bits per heavy atom. The van der Waals surface area contributed by atoms with Gasteiger partial charge in [-0.1, -0.05) is 19.1 Å². The molecule has 1 N–H and O–H groups in total. The number of hydrogen-bond donors (Lipinski definition) is 1. The standard InChI is InChI=1S/C26H33NO7/c1-11-6-24-9-16-19-23(5)7-15(32-12(2)28)8-25(19)20(24)18(33-13(3)29)17(11)21(34-14(4)30)26(24,31)22(25)27(16)10-23/h15-22,31H,1,6-10H2,2-5H3/t15?,16?,17?,18?,19-,20-,21?,22?,23+,24?,25?,26?/m1/s1. The van der Waals surface area contributed by atoms with Crippen LogP contribution in [0.2, 0.25) is 0 Å². The van der Waals surface area contributed by atoms with Crippen LogP contribution in [0.4, 0.5) is 0 Å². The van der Waals surface area contributed by atoms with E-state index in [4.69, 9.17) is 14.2 Å². The highest BCUT2D eigenvalue weighted by Crippen LogP contribution is 2.88. The second kappa shape index (κ2) is 5.89. The van der Waals surface area contributed by atoms with Gasteiger partial charge in [-0.3, -0.25) is 19.3 Å². The molecule has 3 aliphatic heterocycles. The van der Waals surface area contributed by atoms with Crippen LogP contribution in [0.5, 0.6) is 0 Å². The quantitative estimate of drug-likeness (QED) is 0.376. The van der Waals surface area contributed by atoms with Crippen molar-refractivity contribution in [1.29, 1.82) is 0 Å². The van der Waals surface area contributed by atoms with Crippen LogP contribution in [-0.4, -0.2) is 70.5 Å². The molecule has 9 fully saturated rings. The fraction of sp³-hybridized carbons (Fsp3) is 0.808. The molecule has 0 aromatic heterocycles. The number of carbonyl (C=O) groups is 3. The van der Waals surface area contributed by atoms with Gasteiger partial charge in [-0.25, -0.2) is 0 Å². The first kappa shape index (κ1) is 21.4. The molecule has 10 unspecified atom stereocenters. The molecule has 9 aliphatic rings. The second-order valence-electron chi connectivity index (χ2n) is 12.7. The van der Waals surface area contributed by atoms with E-state index < -0.39 is 35.1 Å². The van der Waals surface area contributed by atoms with Gasteiger partial charge in [-0.05, 0) is 37.0 Å². The first-order valence-corrected chi connectivity index (χ1v) is 12.6. The van der Waals surface area contributed by atoms with Crippen LogP contribution in [0.15, 0.2) is 12.2 Å². The molecule has 3 saturated heterocycles. The summed E-state index contributed by atoms with van der Waals surface area (Å²) < 4.78 is 17.9. The summed E-state index contributed by atoms with van der Waals surface area (Å²) in [7, 11) is 0. The predicted molar refractivity (Wildman–Crippen MR) is 117 cm³/mol. The van der Waals surface area contributed by atoms with Crippen molar-refractivity contribution in [1.82, 2.24) is 4.90 Å². The van der Waals surface area contributed by atoms with Crippen molar-refractivity contribution in [2.45, 2.75) is 89.4 Å². The van der Waals surface area contributed by atoms with Crippen LogP contribution in [-0.2, 0) is 28.6 Å². The van der Waals surface area contributed by atoms with E-state index in [0.29, 0.717) is 24.8 Å². The van der Waals surface area contributed by atoms with Crippen LogP contribution in [0.3, 0.4) is 0 Å². The number of piperidine rings is 2. The molecular weight excluding hydrogens is 438 g/mol. The monoisotopic (exact) mass is 471 g/mol. The molecule has 0 aromatic carbocycles. The molecule has 34 heavy (non-hydrogen) atoms. The van der Waals surface area contributed by atoms with Gasteiger partial charge in [-0.2, -0.15) is 0 Å². The third-order valence-electron chi connectivity index (χ3n) is 11.1. The SMILES string of the molecule is C=C1CC23CC4[C@H]5C67CC(OC(C)=O)C[C@@]5(C)CN4C6C2(O)C(OC(C)=O)C1C(OC(C)=O)[C@@H]73. The smallest absolute Gasteiger partial charge is 0.303 e. The van der Waals surface area contributed by atoms with E-state index >= 15 is 0 Å². The van der Waals surface area contributed by atoms with Gasteiger partial charge in [0, 0.05) is 56.1 Å². The van der Waals surface area contributed by atoms with Crippen molar-refractivity contribution < 1.29 is 33.7 Å². The van der Waals surface area contributed by atoms with Gasteiger partial charge >= 0.3 is 17.9 Å². The van der Waals surface area contributed by atoms with Gasteiger partial charge in [0.1, 0.15) is 23.9 Å². The summed E-state index contributed by atoms with van der Waals surface area (Å²) in [5.74, 6) is -1.34. The van der Waals surface area contributed by atoms with E-state index in [-0.39, 0.29) is 40.8 Å². The van der Waals surface area contributed by atoms with Gasteiger partial charge in [-0.15, -0.1) is 0 Å². The molecule has 6 saturated carbocycles. The maximum atomic E-state index is 12.8. The summed E-state index contributed by atoms with van der Waals surface area (Å²) in [6.45, 7) is 11.7. The second-order valence-corrected chi connectivity index (χ2v) is 12.7. The van der Waals surface area contributed by atoms with Gasteiger partial charge in [0.15, 0.2) is 0 Å². The zero-order chi connectivity index (χ0) is 24.2. The van der Waals surface area contributed by atoms with E-state index in [2.05, 4.69) is 18.4 Å². The van der Waals surface area contributed by atoms with Crippen LogP contribution in [0, 0.1) is 34.0 Å². The number of carbonyl (C=O) groups excluding carboxylic acids is 3. The Bertz CT molecular complexity index is 1070. The molecule has 6 aliphatic carbocycles. The molecule has 8 heteroatoms. The molecule has 3 heterocycles. The first-order valence-electron chi connectivity index (χ1n) is 12.6. The van der Waals surface area contributed by atoms with Crippen molar-refractivity contribution in [3.8, 4) is 0 Å². The Hall–Kier alpha value is -1.93. The maximum Gasteiger partial charge on any atom is 0.303 e. The van der Waals surface area contributed by atoms with Gasteiger partial charge in [0.25, 0.3) is 0 Å². The minimum absolute atomic E-state index is 0.0526. The number of rotatable bonds is 3. The first-order chi connectivity index (χ1) is 15.9. The lowest BCUT2D eigenvalue weighted by atomic mass is 9.39. The highest BCUT2D eigenvalue weighted by molar-refractivity contribution is 5.68. The summed E-state index contributed by atoms with van der Waals surface area (Å²) in [5, 5.41) is 12.8. The van der Waals surface area contributed by atoms with Crippen molar-refractivity contribution in [2.24, 2.45) is 34.0 Å². The minimum atomic E-state index is -1.25. The molecule has 2 spiro atoms. The highest BCUT2D eigenvalue weighted by Gasteiger charge is 2.96. The van der Waals surface area contributed by atoms with Gasteiger partial charge in [0.05, 0.1) is 5.92 Å². The summed E-state index contributed by atoms with van der Waals surface area (Å²) in [6, 6.07) is 0.101. The Balaban J connectivity index is 1.48. The Kier molecular flexibility index (Phi) is 3.70. The van der Waals surface area contributed by atoms with Gasteiger partial charge < -0.3 is 19.3 Å². The molecular formula is C26H33NO7. The number of hydrogen-bond acceptors (Lipinski definition) is 8. The summed E-state index contributed by atoms with van der Waals surface area (Å²) >= 11 is 0. The van der Waals surface area contributed by atoms with E-state index in [1.807, 2.05) is 0 Å². The van der Waals surface area contributed by atoms with Crippen molar-refractivity contribution in [2.75, 3.05) is 6.54 Å². The average Bonchev–Trinajstić information content (AvgIpc) is 3.09. The third kappa shape index (κ3) is 1.95. The zero-order valence-electron chi connectivity index (χ0n) is 20.2. The summed E-state index contributed by atoms with van der Waals surface area (Å²) in [5.41, 5.74) is -1.37. The Labute approximate surface area is 199 Å². The summed E-state index contributed by atoms with van der Waals surface area (Å²) in [6.07, 6.45) is 1.31.